The summed E-state index contributed by atoms with van der Waals surface area (Å²) in [5.74, 6) is -1.06. The largest absolute Gasteiger partial charge is 0.481 e. The summed E-state index contributed by atoms with van der Waals surface area (Å²) in [5.41, 5.74) is 1.11. The fourth-order valence-electron chi connectivity index (χ4n) is 2.78. The normalized spacial score (nSPS) is 20.1. The second kappa shape index (κ2) is 7.07. The molecule has 1 aliphatic heterocycles. The number of rotatable bonds is 4. The number of carboxylic acids is 1. The first-order valence-corrected chi connectivity index (χ1v) is 8.03. The van der Waals surface area contributed by atoms with E-state index in [4.69, 9.17) is 5.11 Å². The summed E-state index contributed by atoms with van der Waals surface area (Å²) in [6.07, 6.45) is 1.85. The molecule has 0 aliphatic carbocycles. The van der Waals surface area contributed by atoms with Crippen molar-refractivity contribution >= 4 is 27.8 Å². The lowest BCUT2D eigenvalue weighted by Crippen LogP contribution is -2.42. The Morgan fingerprint density at radius 1 is 1.43 bits per heavy atom. The molecule has 1 heterocycles. The quantitative estimate of drug-likeness (QED) is 0.903. The minimum Gasteiger partial charge on any atom is -0.481 e. The minimum absolute atomic E-state index is 0.0456. The maximum Gasteiger partial charge on any atom is 0.308 e. The second-order valence-electron chi connectivity index (χ2n) is 5.64. The van der Waals surface area contributed by atoms with Crippen molar-refractivity contribution < 1.29 is 14.7 Å². The maximum atomic E-state index is 12.4. The van der Waals surface area contributed by atoms with Gasteiger partial charge in [-0.2, -0.15) is 0 Å². The molecule has 1 aromatic rings. The zero-order chi connectivity index (χ0) is 15.4. The van der Waals surface area contributed by atoms with Crippen molar-refractivity contribution in [1.82, 2.24) is 4.90 Å². The highest BCUT2D eigenvalue weighted by atomic mass is 79.9. The molecule has 1 fully saturated rings. The predicted octanol–water partition coefficient (Wildman–Crippen LogP) is 3.27. The summed E-state index contributed by atoms with van der Waals surface area (Å²) >= 11 is 3.51. The van der Waals surface area contributed by atoms with Crippen molar-refractivity contribution in [2.75, 3.05) is 13.1 Å². The third-order valence-corrected chi connectivity index (χ3v) is 4.76. The van der Waals surface area contributed by atoms with Gasteiger partial charge in [0.2, 0.25) is 5.91 Å². The summed E-state index contributed by atoms with van der Waals surface area (Å²) in [7, 11) is 0. The van der Waals surface area contributed by atoms with E-state index in [-0.39, 0.29) is 11.8 Å². The highest BCUT2D eigenvalue weighted by Gasteiger charge is 2.28. The molecule has 1 amide bonds. The van der Waals surface area contributed by atoms with Crippen molar-refractivity contribution in [1.29, 1.82) is 0 Å². The second-order valence-corrected chi connectivity index (χ2v) is 6.50. The molecule has 2 atom stereocenters. The molecule has 1 aliphatic rings. The number of carbonyl (C=O) groups is 2. The number of carbonyl (C=O) groups excluding carboxylic acids is 1. The van der Waals surface area contributed by atoms with Crippen molar-refractivity contribution in [2.24, 2.45) is 5.92 Å². The Bertz CT molecular complexity index is 532. The molecule has 114 valence electrons. The van der Waals surface area contributed by atoms with Crippen LogP contribution in [0, 0.1) is 5.92 Å². The van der Waals surface area contributed by atoms with Gasteiger partial charge >= 0.3 is 5.97 Å². The maximum absolute atomic E-state index is 12.4. The van der Waals surface area contributed by atoms with Crippen LogP contribution < -0.4 is 0 Å². The number of nitrogens with zero attached hydrogens (tertiary/aromatic N) is 1. The number of amides is 1. The Morgan fingerprint density at radius 2 is 2.14 bits per heavy atom. The zero-order valence-corrected chi connectivity index (χ0v) is 13.7. The van der Waals surface area contributed by atoms with Gasteiger partial charge in [-0.15, -0.1) is 0 Å². The number of aliphatic carboxylic acids is 1. The smallest absolute Gasteiger partial charge is 0.308 e. The van der Waals surface area contributed by atoms with Gasteiger partial charge < -0.3 is 10.0 Å². The van der Waals surface area contributed by atoms with E-state index in [9.17, 15) is 9.59 Å². The van der Waals surface area contributed by atoms with Gasteiger partial charge in [0.25, 0.3) is 0 Å². The van der Waals surface area contributed by atoms with E-state index in [1.807, 2.05) is 31.2 Å². The van der Waals surface area contributed by atoms with Crippen LogP contribution in [0.2, 0.25) is 0 Å². The van der Waals surface area contributed by atoms with E-state index < -0.39 is 11.9 Å². The summed E-state index contributed by atoms with van der Waals surface area (Å²) < 4.78 is 1.01. The Labute approximate surface area is 133 Å². The number of benzene rings is 1. The fraction of sp³-hybridized carbons (Fsp3) is 0.500. The molecule has 1 N–H and O–H groups in total. The lowest BCUT2D eigenvalue weighted by molar-refractivity contribution is -0.145. The first-order valence-electron chi connectivity index (χ1n) is 7.24. The van der Waals surface area contributed by atoms with Crippen LogP contribution >= 0.6 is 15.9 Å². The van der Waals surface area contributed by atoms with Crippen LogP contribution in [0.25, 0.3) is 0 Å². The zero-order valence-electron chi connectivity index (χ0n) is 12.1. The van der Waals surface area contributed by atoms with E-state index in [0.29, 0.717) is 25.9 Å². The molecular formula is C16H20BrNO3. The Morgan fingerprint density at radius 3 is 2.81 bits per heavy atom. The predicted molar refractivity (Wildman–Crippen MR) is 84.1 cm³/mol. The molecular weight excluding hydrogens is 334 g/mol. The first kappa shape index (κ1) is 16.0. The average Bonchev–Trinajstić information content (AvgIpc) is 2.47. The van der Waals surface area contributed by atoms with E-state index in [1.165, 1.54) is 0 Å². The molecule has 0 radical (unpaired) electrons. The summed E-state index contributed by atoms with van der Waals surface area (Å²) in [5, 5.41) is 9.09. The number of hydrogen-bond donors (Lipinski definition) is 1. The van der Waals surface area contributed by atoms with Crippen LogP contribution in [0.15, 0.2) is 28.7 Å². The molecule has 1 aromatic carbocycles. The number of likely N-dealkylation sites (tertiary alicyclic amines) is 1. The average molecular weight is 354 g/mol. The molecule has 0 saturated carbocycles. The van der Waals surface area contributed by atoms with Gasteiger partial charge in [0.15, 0.2) is 0 Å². The molecule has 0 bridgehead atoms. The molecule has 0 unspecified atom stereocenters. The lowest BCUT2D eigenvalue weighted by atomic mass is 9.94. The third kappa shape index (κ3) is 4.06. The third-order valence-electron chi connectivity index (χ3n) is 4.04. The van der Waals surface area contributed by atoms with Crippen LogP contribution in [-0.2, 0) is 9.59 Å². The molecule has 0 spiro atoms. The summed E-state index contributed by atoms with van der Waals surface area (Å²) in [4.78, 5) is 25.1. The Hall–Kier alpha value is -1.36. The molecule has 1 saturated heterocycles. The standard InChI is InChI=1S/C16H20BrNO3/c1-11(13-6-2-3-7-14(13)17)9-15(19)18-8-4-5-12(10-18)16(20)21/h2-3,6-7,11-12H,4-5,8-10H2,1H3,(H,20,21)/t11-,12+/m0/s1. The minimum atomic E-state index is -0.800. The molecule has 0 aromatic heterocycles. The monoisotopic (exact) mass is 353 g/mol. The Balaban J connectivity index is 1.98. The van der Waals surface area contributed by atoms with Crippen LogP contribution in [0.3, 0.4) is 0 Å². The van der Waals surface area contributed by atoms with Gasteiger partial charge in [-0.3, -0.25) is 9.59 Å². The topological polar surface area (TPSA) is 57.6 Å². The lowest BCUT2D eigenvalue weighted by Gasteiger charge is -2.31. The summed E-state index contributed by atoms with van der Waals surface area (Å²) in [6.45, 7) is 3.04. The number of halogens is 1. The van der Waals surface area contributed by atoms with Gasteiger partial charge in [0, 0.05) is 24.0 Å². The van der Waals surface area contributed by atoms with E-state index in [1.54, 1.807) is 4.90 Å². The van der Waals surface area contributed by atoms with Crippen molar-refractivity contribution in [3.8, 4) is 0 Å². The van der Waals surface area contributed by atoms with Crippen LogP contribution in [-0.4, -0.2) is 35.0 Å². The van der Waals surface area contributed by atoms with E-state index in [2.05, 4.69) is 15.9 Å². The highest BCUT2D eigenvalue weighted by Crippen LogP contribution is 2.28. The fourth-order valence-corrected chi connectivity index (χ4v) is 3.46. The highest BCUT2D eigenvalue weighted by molar-refractivity contribution is 9.10. The van der Waals surface area contributed by atoms with Crippen LogP contribution in [0.4, 0.5) is 0 Å². The molecule has 5 heteroatoms. The van der Waals surface area contributed by atoms with Gasteiger partial charge in [-0.25, -0.2) is 0 Å². The van der Waals surface area contributed by atoms with Gasteiger partial charge in [-0.05, 0) is 30.4 Å². The van der Waals surface area contributed by atoms with Crippen LogP contribution in [0.1, 0.15) is 37.7 Å². The van der Waals surface area contributed by atoms with Crippen molar-refractivity contribution in [3.05, 3.63) is 34.3 Å². The molecule has 21 heavy (non-hydrogen) atoms. The van der Waals surface area contributed by atoms with Crippen molar-refractivity contribution in [2.45, 2.75) is 32.1 Å². The van der Waals surface area contributed by atoms with E-state index >= 15 is 0 Å². The van der Waals surface area contributed by atoms with E-state index in [0.717, 1.165) is 16.5 Å². The number of piperidine rings is 1. The number of carboxylic acid groups (broad SMARTS) is 1. The first-order chi connectivity index (χ1) is 9.99. The van der Waals surface area contributed by atoms with Gasteiger partial charge in [0.05, 0.1) is 5.92 Å². The van der Waals surface area contributed by atoms with Gasteiger partial charge in [0.1, 0.15) is 0 Å². The summed E-state index contributed by atoms with van der Waals surface area (Å²) in [6, 6.07) is 7.89. The Kier molecular flexibility index (Phi) is 5.39. The number of hydrogen-bond acceptors (Lipinski definition) is 2. The van der Waals surface area contributed by atoms with Crippen LogP contribution in [0.5, 0.6) is 0 Å². The van der Waals surface area contributed by atoms with Crippen molar-refractivity contribution in [3.63, 3.8) is 0 Å². The van der Waals surface area contributed by atoms with Gasteiger partial charge in [-0.1, -0.05) is 41.1 Å². The molecule has 4 nitrogen and oxygen atoms in total. The molecule has 2 rings (SSSR count). The SMILES string of the molecule is C[C@@H](CC(=O)N1CCC[C@@H](C(=O)O)C1)c1ccccc1Br.